The van der Waals surface area contributed by atoms with Gasteiger partial charge in [0.25, 0.3) is 0 Å². The second-order valence-electron chi connectivity index (χ2n) is 14.0. The van der Waals surface area contributed by atoms with Crippen molar-refractivity contribution in [3.63, 3.8) is 0 Å². The number of likely N-dealkylation sites (tertiary alicyclic amines) is 2. The van der Waals surface area contributed by atoms with Crippen LogP contribution in [0.1, 0.15) is 84.7 Å². The summed E-state index contributed by atoms with van der Waals surface area (Å²) in [4.78, 5) is 49.8. The molecule has 2 fully saturated rings. The van der Waals surface area contributed by atoms with E-state index in [0.717, 1.165) is 59.6 Å². The Morgan fingerprint density at radius 3 is 2.11 bits per heavy atom. The third-order valence-corrected chi connectivity index (χ3v) is 8.04. The topological polar surface area (TPSA) is 120 Å². The minimum Gasteiger partial charge on any atom is -0.444 e. The van der Waals surface area contributed by atoms with Crippen LogP contribution in [-0.2, 0) is 16.1 Å². The first kappa shape index (κ1) is 32.1. The van der Waals surface area contributed by atoms with E-state index >= 15 is 0 Å². The molecule has 2 aliphatic heterocycles. The highest BCUT2D eigenvalue weighted by atomic mass is 16.6. The second kappa shape index (κ2) is 12.9. The predicted octanol–water partition coefficient (Wildman–Crippen LogP) is 6.40. The first-order valence-corrected chi connectivity index (χ1v) is 15.9. The summed E-state index contributed by atoms with van der Waals surface area (Å²) in [6.07, 6.45) is 4.64. The number of carbonyl (C=O) groups excluding carboxylic acids is 3. The third-order valence-electron chi connectivity index (χ3n) is 8.04. The van der Waals surface area contributed by atoms with Gasteiger partial charge in [-0.15, -0.1) is 0 Å². The Morgan fingerprint density at radius 1 is 0.867 bits per heavy atom. The maximum atomic E-state index is 12.9. The van der Waals surface area contributed by atoms with Gasteiger partial charge in [0.05, 0.1) is 17.9 Å². The lowest BCUT2D eigenvalue weighted by Gasteiger charge is -2.28. The van der Waals surface area contributed by atoms with Crippen LogP contribution in [0.25, 0.3) is 22.4 Å². The van der Waals surface area contributed by atoms with E-state index < -0.39 is 17.7 Å². The lowest BCUT2D eigenvalue weighted by atomic mass is 10.0. The van der Waals surface area contributed by atoms with Crippen molar-refractivity contribution in [3.05, 3.63) is 66.1 Å². The average molecular weight is 615 g/mol. The summed E-state index contributed by atoms with van der Waals surface area (Å²) in [5.74, 6) is 0.651. The first-order valence-electron chi connectivity index (χ1n) is 15.9. The Bertz CT molecular complexity index is 1500. The van der Waals surface area contributed by atoms with Gasteiger partial charge >= 0.3 is 12.1 Å². The van der Waals surface area contributed by atoms with Gasteiger partial charge in [-0.2, -0.15) is 0 Å². The van der Waals surface area contributed by atoms with Crippen molar-refractivity contribution >= 4 is 18.0 Å². The molecule has 3 aromatic rings. The summed E-state index contributed by atoms with van der Waals surface area (Å²) in [5, 5.41) is 6.06. The molecule has 2 aromatic carbocycles. The predicted molar refractivity (Wildman–Crippen MR) is 174 cm³/mol. The summed E-state index contributed by atoms with van der Waals surface area (Å²) in [6.45, 7) is 13.1. The minimum atomic E-state index is -0.602. The molecule has 2 atom stereocenters. The number of ether oxygens (including phenoxy) is 1. The van der Waals surface area contributed by atoms with Gasteiger partial charge in [0.2, 0.25) is 5.91 Å². The Labute approximate surface area is 265 Å². The number of H-pyrrole nitrogens is 1. The molecule has 0 saturated carbocycles. The van der Waals surface area contributed by atoms with Crippen LogP contribution in [0.5, 0.6) is 0 Å². The van der Waals surface area contributed by atoms with Gasteiger partial charge in [-0.1, -0.05) is 48.5 Å². The van der Waals surface area contributed by atoms with E-state index in [2.05, 4.69) is 44.9 Å². The molecule has 5 rings (SSSR count). The van der Waals surface area contributed by atoms with Gasteiger partial charge in [0.1, 0.15) is 17.5 Å². The molecule has 2 aliphatic rings. The van der Waals surface area contributed by atoms with E-state index in [-0.39, 0.29) is 23.5 Å². The first-order chi connectivity index (χ1) is 21.3. The van der Waals surface area contributed by atoms with Gasteiger partial charge in [-0.25, -0.2) is 14.6 Å². The molecule has 3 N–H and O–H groups in total. The van der Waals surface area contributed by atoms with Crippen LogP contribution < -0.4 is 10.6 Å². The van der Waals surface area contributed by atoms with Crippen molar-refractivity contribution in [2.75, 3.05) is 13.1 Å². The molecule has 4 amide bonds. The summed E-state index contributed by atoms with van der Waals surface area (Å²) in [7, 11) is 0. The number of imidazole rings is 1. The maximum Gasteiger partial charge on any atom is 0.410 e. The zero-order valence-corrected chi connectivity index (χ0v) is 27.3. The summed E-state index contributed by atoms with van der Waals surface area (Å²) >= 11 is 0. The van der Waals surface area contributed by atoms with Crippen molar-refractivity contribution < 1.29 is 19.1 Å². The van der Waals surface area contributed by atoms with Gasteiger partial charge in [-0.3, -0.25) is 9.69 Å². The highest BCUT2D eigenvalue weighted by molar-refractivity contribution is 5.86. The SMILES string of the molecule is CC(C)(C)NC(=O)N1CCCC1c1ncc(-c2ccc(-c3ccc(CNC(=O)C4CCCN4C(=O)OC(C)(C)C)cc3)cc2)[nH]1. The molecular weight excluding hydrogens is 568 g/mol. The Balaban J connectivity index is 1.17. The molecule has 240 valence electrons. The number of nitrogens with one attached hydrogen (secondary N) is 3. The normalized spacial score (nSPS) is 18.6. The number of hydrogen-bond acceptors (Lipinski definition) is 5. The van der Waals surface area contributed by atoms with E-state index in [4.69, 9.17) is 4.74 Å². The Morgan fingerprint density at radius 2 is 1.47 bits per heavy atom. The lowest BCUT2D eigenvalue weighted by Crippen LogP contribution is -2.48. The zero-order chi connectivity index (χ0) is 32.4. The Hall–Kier alpha value is -4.34. The Kier molecular flexibility index (Phi) is 9.23. The maximum absolute atomic E-state index is 12.9. The van der Waals surface area contributed by atoms with E-state index in [9.17, 15) is 14.4 Å². The number of hydrogen-bond donors (Lipinski definition) is 3. The van der Waals surface area contributed by atoms with Crippen LogP contribution in [0.4, 0.5) is 9.59 Å². The van der Waals surface area contributed by atoms with Crippen LogP contribution in [-0.4, -0.2) is 68.1 Å². The molecule has 0 spiro atoms. The highest BCUT2D eigenvalue weighted by Crippen LogP contribution is 2.32. The van der Waals surface area contributed by atoms with Crippen LogP contribution in [0.2, 0.25) is 0 Å². The van der Waals surface area contributed by atoms with E-state index in [1.807, 2.05) is 76.9 Å². The molecule has 0 aliphatic carbocycles. The van der Waals surface area contributed by atoms with Crippen molar-refractivity contribution in [1.29, 1.82) is 0 Å². The van der Waals surface area contributed by atoms with Crippen LogP contribution in [0, 0.1) is 0 Å². The van der Waals surface area contributed by atoms with Crippen molar-refractivity contribution in [2.24, 2.45) is 0 Å². The molecule has 2 saturated heterocycles. The fourth-order valence-electron chi connectivity index (χ4n) is 5.88. The third kappa shape index (κ3) is 8.04. The summed E-state index contributed by atoms with van der Waals surface area (Å²) in [5.41, 5.74) is 4.17. The van der Waals surface area contributed by atoms with Gasteiger partial charge in [-0.05, 0) is 89.5 Å². The monoisotopic (exact) mass is 614 g/mol. The quantitative estimate of drug-likeness (QED) is 0.297. The average Bonchev–Trinajstić information content (AvgIpc) is 3.75. The van der Waals surface area contributed by atoms with Gasteiger partial charge in [0.15, 0.2) is 0 Å². The molecule has 45 heavy (non-hydrogen) atoms. The molecule has 10 nitrogen and oxygen atoms in total. The van der Waals surface area contributed by atoms with Crippen molar-refractivity contribution in [2.45, 2.75) is 97.0 Å². The molecule has 3 heterocycles. The molecular formula is C35H46N6O4. The fourth-order valence-corrected chi connectivity index (χ4v) is 5.88. The summed E-state index contributed by atoms with van der Waals surface area (Å²) in [6, 6.07) is 15.8. The van der Waals surface area contributed by atoms with Crippen molar-refractivity contribution in [3.8, 4) is 22.4 Å². The second-order valence-corrected chi connectivity index (χ2v) is 14.0. The largest absolute Gasteiger partial charge is 0.444 e. The molecule has 0 bridgehead atoms. The van der Waals surface area contributed by atoms with Crippen LogP contribution in [0.15, 0.2) is 54.7 Å². The number of nitrogens with zero attached hydrogens (tertiary/aromatic N) is 3. The van der Waals surface area contributed by atoms with Crippen molar-refractivity contribution in [1.82, 2.24) is 30.4 Å². The lowest BCUT2D eigenvalue weighted by molar-refractivity contribution is -0.125. The zero-order valence-electron chi connectivity index (χ0n) is 27.3. The number of urea groups is 1. The molecule has 0 radical (unpaired) electrons. The number of amides is 4. The van der Waals surface area contributed by atoms with E-state index in [0.29, 0.717) is 19.5 Å². The molecule has 2 unspecified atom stereocenters. The number of carbonyl (C=O) groups is 3. The van der Waals surface area contributed by atoms with Gasteiger partial charge in [0, 0.05) is 25.2 Å². The minimum absolute atomic E-state index is 0.0562. The standard InChI is InChI=1S/C35H46N6O4/c1-34(2,3)39-32(43)40-19-7-9-28(40)30-36-22-27(38-30)26-17-15-25(16-18-26)24-13-11-23(12-14-24)21-37-31(42)29-10-8-20-41(29)33(44)45-35(4,5)6/h11-18,22,28-29H,7-10,19-21H2,1-6H3,(H,36,38)(H,37,42)(H,39,43). The number of benzene rings is 2. The molecule has 10 heteroatoms. The highest BCUT2D eigenvalue weighted by Gasteiger charge is 2.36. The number of aromatic nitrogens is 2. The molecule has 1 aromatic heterocycles. The van der Waals surface area contributed by atoms with E-state index in [1.54, 1.807) is 0 Å². The number of aromatic amines is 1. The number of rotatable bonds is 6. The van der Waals surface area contributed by atoms with E-state index in [1.165, 1.54) is 4.90 Å². The smallest absolute Gasteiger partial charge is 0.410 e. The fraction of sp³-hybridized carbons (Fsp3) is 0.486. The summed E-state index contributed by atoms with van der Waals surface area (Å²) < 4.78 is 5.49. The van der Waals surface area contributed by atoms with Gasteiger partial charge < -0.3 is 25.3 Å². The van der Waals surface area contributed by atoms with Crippen LogP contribution >= 0.6 is 0 Å². The van der Waals surface area contributed by atoms with Crippen LogP contribution in [0.3, 0.4) is 0 Å².